The minimum Gasteiger partial charge on any atom is -0.308 e. The first-order valence-electron chi connectivity index (χ1n) is 17.1. The lowest BCUT2D eigenvalue weighted by Crippen LogP contribution is -2.14. The molecule has 10 rings (SSSR count). The van der Waals surface area contributed by atoms with Crippen molar-refractivity contribution in [2.24, 2.45) is 0 Å². The third-order valence-electron chi connectivity index (χ3n) is 9.99. The van der Waals surface area contributed by atoms with Gasteiger partial charge in [0.25, 0.3) is 0 Å². The van der Waals surface area contributed by atoms with Crippen LogP contribution in [0.4, 0.5) is 17.1 Å². The van der Waals surface area contributed by atoms with Gasteiger partial charge in [-0.25, -0.2) is 0 Å². The van der Waals surface area contributed by atoms with Crippen molar-refractivity contribution in [3.63, 3.8) is 0 Å². The standard InChI is InChI=1S/C48H31NS/c1-3-13-32(14-4-1)41-28-34-17-7-8-18-35(34)29-43(41)36-23-25-40-39-26-24-38(27-37(39)31-42(44(40)30-36)33-15-5-2-6-16-33)49-45-19-9-11-21-47(45)50-48-22-12-10-20-46(48)49/h1-31H. The van der Waals surface area contributed by atoms with Crippen LogP contribution in [0.25, 0.3) is 65.7 Å². The number of rotatable bonds is 4. The number of fused-ring (bicyclic) bond motifs is 6. The second-order valence-corrected chi connectivity index (χ2v) is 14.0. The van der Waals surface area contributed by atoms with Gasteiger partial charge in [0.15, 0.2) is 0 Å². The van der Waals surface area contributed by atoms with Crippen LogP contribution >= 0.6 is 11.8 Å². The maximum Gasteiger partial charge on any atom is 0.0601 e. The van der Waals surface area contributed by atoms with E-state index in [1.165, 1.54) is 86.9 Å². The molecule has 50 heavy (non-hydrogen) atoms. The summed E-state index contributed by atoms with van der Waals surface area (Å²) in [6.07, 6.45) is 0. The van der Waals surface area contributed by atoms with Crippen molar-refractivity contribution in [2.75, 3.05) is 4.90 Å². The van der Waals surface area contributed by atoms with E-state index >= 15 is 0 Å². The summed E-state index contributed by atoms with van der Waals surface area (Å²) < 4.78 is 0. The summed E-state index contributed by atoms with van der Waals surface area (Å²) in [6, 6.07) is 68.9. The third-order valence-corrected chi connectivity index (χ3v) is 11.1. The average molecular weight is 654 g/mol. The van der Waals surface area contributed by atoms with Crippen molar-refractivity contribution in [3.8, 4) is 33.4 Å². The van der Waals surface area contributed by atoms with Crippen molar-refractivity contribution in [2.45, 2.75) is 9.79 Å². The summed E-state index contributed by atoms with van der Waals surface area (Å²) >= 11 is 1.84. The largest absolute Gasteiger partial charge is 0.308 e. The highest BCUT2D eigenvalue weighted by molar-refractivity contribution is 7.99. The van der Waals surface area contributed by atoms with Gasteiger partial charge in [-0.15, -0.1) is 0 Å². The Balaban J connectivity index is 1.20. The fourth-order valence-corrected chi connectivity index (χ4v) is 8.69. The molecule has 0 N–H and O–H groups in total. The number of para-hydroxylation sites is 2. The normalized spacial score (nSPS) is 12.3. The molecule has 1 aliphatic rings. The molecule has 0 atom stereocenters. The molecule has 0 saturated carbocycles. The third kappa shape index (κ3) is 4.80. The van der Waals surface area contributed by atoms with Crippen LogP contribution in [-0.4, -0.2) is 0 Å². The minimum atomic E-state index is 1.16. The van der Waals surface area contributed by atoms with Crippen LogP contribution in [0.2, 0.25) is 0 Å². The monoisotopic (exact) mass is 653 g/mol. The Morgan fingerprint density at radius 1 is 0.320 bits per heavy atom. The van der Waals surface area contributed by atoms with Gasteiger partial charge in [0.2, 0.25) is 0 Å². The first-order chi connectivity index (χ1) is 24.8. The highest BCUT2D eigenvalue weighted by atomic mass is 32.2. The minimum absolute atomic E-state index is 1.16. The van der Waals surface area contributed by atoms with E-state index in [0.29, 0.717) is 0 Å². The molecule has 1 aliphatic heterocycles. The first-order valence-corrected chi connectivity index (χ1v) is 17.9. The lowest BCUT2D eigenvalue weighted by atomic mass is 9.88. The molecule has 9 aromatic rings. The summed E-state index contributed by atoms with van der Waals surface area (Å²) in [6.45, 7) is 0. The van der Waals surface area contributed by atoms with Gasteiger partial charge in [-0.3, -0.25) is 0 Å². The van der Waals surface area contributed by atoms with E-state index in [-0.39, 0.29) is 0 Å². The van der Waals surface area contributed by atoms with Gasteiger partial charge in [0.05, 0.1) is 11.4 Å². The summed E-state index contributed by atoms with van der Waals surface area (Å²) in [5.74, 6) is 0. The molecule has 234 valence electrons. The molecule has 0 unspecified atom stereocenters. The average Bonchev–Trinajstić information content (AvgIpc) is 3.19. The van der Waals surface area contributed by atoms with Gasteiger partial charge in [-0.2, -0.15) is 0 Å². The topological polar surface area (TPSA) is 3.24 Å². The van der Waals surface area contributed by atoms with E-state index in [9.17, 15) is 0 Å². The molecule has 0 aromatic heterocycles. The second kappa shape index (κ2) is 11.8. The maximum atomic E-state index is 2.42. The highest BCUT2D eigenvalue weighted by Gasteiger charge is 2.25. The predicted octanol–water partition coefficient (Wildman–Crippen LogP) is 14.1. The number of hydrogen-bond acceptors (Lipinski definition) is 2. The maximum absolute atomic E-state index is 2.42. The Labute approximate surface area is 296 Å². The highest BCUT2D eigenvalue weighted by Crippen LogP contribution is 2.52. The summed E-state index contributed by atoms with van der Waals surface area (Å²) in [7, 11) is 0. The van der Waals surface area contributed by atoms with Gasteiger partial charge in [0, 0.05) is 15.5 Å². The van der Waals surface area contributed by atoms with Crippen LogP contribution in [0.1, 0.15) is 0 Å². The van der Waals surface area contributed by atoms with Crippen molar-refractivity contribution in [3.05, 3.63) is 188 Å². The number of benzene rings is 9. The predicted molar refractivity (Wildman–Crippen MR) is 214 cm³/mol. The van der Waals surface area contributed by atoms with E-state index in [1.54, 1.807) is 0 Å². The Morgan fingerprint density at radius 3 is 1.50 bits per heavy atom. The zero-order chi connectivity index (χ0) is 33.0. The number of anilines is 3. The lowest BCUT2D eigenvalue weighted by molar-refractivity contribution is 1.17. The number of nitrogens with zero attached hydrogens (tertiary/aromatic N) is 1. The zero-order valence-electron chi connectivity index (χ0n) is 27.3. The van der Waals surface area contributed by atoms with Gasteiger partial charge < -0.3 is 4.90 Å². The van der Waals surface area contributed by atoms with Crippen LogP contribution in [0.3, 0.4) is 0 Å². The molecule has 0 saturated heterocycles. The Bertz CT molecular complexity index is 2690. The molecule has 0 radical (unpaired) electrons. The van der Waals surface area contributed by atoms with Crippen LogP contribution < -0.4 is 4.90 Å². The molecular formula is C48H31NS. The summed E-state index contributed by atoms with van der Waals surface area (Å²) in [5, 5.41) is 7.49. The fourth-order valence-electron chi connectivity index (χ4n) is 7.63. The lowest BCUT2D eigenvalue weighted by Gasteiger charge is -2.33. The fraction of sp³-hybridized carbons (Fsp3) is 0. The Hall–Kier alpha value is -6.09. The van der Waals surface area contributed by atoms with Crippen molar-refractivity contribution in [1.29, 1.82) is 0 Å². The molecule has 0 bridgehead atoms. The van der Waals surface area contributed by atoms with E-state index in [1.807, 2.05) is 11.8 Å². The SMILES string of the molecule is c1ccc(-c2cc3ccccc3cc2-c2ccc3c(c2)c(-c2ccccc2)cc2cc(N4c5ccccc5Sc5ccccc54)ccc23)cc1. The molecule has 1 nitrogen and oxygen atoms in total. The van der Waals surface area contributed by atoms with Crippen LogP contribution in [-0.2, 0) is 0 Å². The van der Waals surface area contributed by atoms with Crippen LogP contribution in [0.5, 0.6) is 0 Å². The van der Waals surface area contributed by atoms with Crippen LogP contribution in [0.15, 0.2) is 198 Å². The molecule has 0 fully saturated rings. The van der Waals surface area contributed by atoms with Gasteiger partial charge in [0.1, 0.15) is 0 Å². The van der Waals surface area contributed by atoms with E-state index < -0.39 is 0 Å². The number of hydrogen-bond donors (Lipinski definition) is 0. The summed E-state index contributed by atoms with van der Waals surface area (Å²) in [5.41, 5.74) is 11.0. The molecule has 0 spiro atoms. The van der Waals surface area contributed by atoms with Gasteiger partial charge in [-0.1, -0.05) is 139 Å². The molecule has 0 aliphatic carbocycles. The van der Waals surface area contributed by atoms with Crippen LogP contribution in [0, 0.1) is 0 Å². The van der Waals surface area contributed by atoms with Crippen molar-refractivity contribution in [1.82, 2.24) is 0 Å². The molecular weight excluding hydrogens is 623 g/mol. The smallest absolute Gasteiger partial charge is 0.0601 e. The molecule has 1 heterocycles. The van der Waals surface area contributed by atoms with Crippen molar-refractivity contribution < 1.29 is 0 Å². The summed E-state index contributed by atoms with van der Waals surface area (Å²) in [4.78, 5) is 4.96. The Morgan fingerprint density at radius 2 is 0.840 bits per heavy atom. The van der Waals surface area contributed by atoms with E-state index in [0.717, 1.165) is 5.69 Å². The second-order valence-electron chi connectivity index (χ2n) is 12.9. The first kappa shape index (κ1) is 28.9. The van der Waals surface area contributed by atoms with Gasteiger partial charge >= 0.3 is 0 Å². The van der Waals surface area contributed by atoms with Crippen molar-refractivity contribution >= 4 is 61.1 Å². The Kier molecular flexibility index (Phi) is 6.82. The molecule has 2 heteroatoms. The zero-order valence-corrected chi connectivity index (χ0v) is 28.1. The molecule has 0 amide bonds. The van der Waals surface area contributed by atoms with Gasteiger partial charge in [-0.05, 0) is 126 Å². The molecule has 9 aromatic carbocycles. The quantitative estimate of drug-likeness (QED) is 0.174. The van der Waals surface area contributed by atoms with E-state index in [2.05, 4.69) is 193 Å². The van der Waals surface area contributed by atoms with E-state index in [4.69, 9.17) is 0 Å².